The minimum Gasteiger partial charge on any atom is -0.507 e. The summed E-state index contributed by atoms with van der Waals surface area (Å²) < 4.78 is 0. The number of carbonyl (C=O) groups is 5. The van der Waals surface area contributed by atoms with Crippen molar-refractivity contribution in [2.45, 2.75) is 57.6 Å². The predicted octanol–water partition coefficient (Wildman–Crippen LogP) is 0.866. The molecule has 0 saturated heterocycles. The molecular weight excluding hydrogens is 534 g/mol. The Kier molecular flexibility index (Phi) is 8.09. The van der Waals surface area contributed by atoms with Crippen molar-refractivity contribution in [1.82, 2.24) is 10.2 Å². The molecule has 2 saturated carbocycles. The summed E-state index contributed by atoms with van der Waals surface area (Å²) in [5, 5.41) is 26.4. The van der Waals surface area contributed by atoms with Gasteiger partial charge in [-0.1, -0.05) is 20.8 Å². The van der Waals surface area contributed by atoms with Gasteiger partial charge in [-0.2, -0.15) is 11.8 Å². The fourth-order valence-electron chi connectivity index (χ4n) is 6.81. The molecule has 0 radical (unpaired) electrons. The van der Waals surface area contributed by atoms with Crippen molar-refractivity contribution < 1.29 is 34.2 Å². The van der Waals surface area contributed by atoms with Gasteiger partial charge in [-0.05, 0) is 61.7 Å². The number of phenolic OH excluding ortho intramolecular Hbond substituents is 1. The zero-order valence-electron chi connectivity index (χ0n) is 23.9. The van der Waals surface area contributed by atoms with Crippen LogP contribution in [0.1, 0.15) is 54.2 Å². The van der Waals surface area contributed by atoms with Crippen LogP contribution in [0.15, 0.2) is 6.07 Å². The number of thioether (sulfide) groups is 1. The number of phenols is 1. The van der Waals surface area contributed by atoms with Gasteiger partial charge in [0.25, 0.3) is 0 Å². The molecule has 0 spiro atoms. The molecule has 1 aromatic carbocycles. The molecule has 0 aromatic heterocycles. The molecule has 0 aliphatic heterocycles. The van der Waals surface area contributed by atoms with Gasteiger partial charge in [-0.3, -0.25) is 28.9 Å². The molecule has 4 rings (SSSR count). The van der Waals surface area contributed by atoms with E-state index in [1.54, 1.807) is 14.1 Å². The summed E-state index contributed by atoms with van der Waals surface area (Å²) in [5.74, 6) is -9.81. The molecule has 0 bridgehead atoms. The largest absolute Gasteiger partial charge is 0.507 e. The highest BCUT2D eigenvalue weighted by molar-refractivity contribution is 7.97. The van der Waals surface area contributed by atoms with Gasteiger partial charge in [-0.25, -0.2) is 0 Å². The van der Waals surface area contributed by atoms with Crippen molar-refractivity contribution in [3.05, 3.63) is 28.3 Å². The first-order valence-electron chi connectivity index (χ1n) is 13.5. The Morgan fingerprint density at radius 3 is 2.38 bits per heavy atom. The van der Waals surface area contributed by atoms with E-state index in [0.717, 1.165) is 5.56 Å². The lowest BCUT2D eigenvalue weighted by molar-refractivity contribution is -0.181. The normalized spacial score (nSPS) is 30.2. The van der Waals surface area contributed by atoms with Crippen LogP contribution in [0.25, 0.3) is 0 Å². The van der Waals surface area contributed by atoms with Crippen LogP contribution in [0.3, 0.4) is 0 Å². The third kappa shape index (κ3) is 4.80. The molecule has 1 aromatic rings. The van der Waals surface area contributed by atoms with Crippen molar-refractivity contribution in [3.8, 4) is 5.75 Å². The molecule has 2 fully saturated rings. The van der Waals surface area contributed by atoms with Crippen LogP contribution < -0.4 is 11.1 Å². The van der Waals surface area contributed by atoms with E-state index in [2.05, 4.69) is 26.1 Å². The quantitative estimate of drug-likeness (QED) is 0.344. The number of ketones is 4. The maximum absolute atomic E-state index is 14.0. The first-order valence-corrected chi connectivity index (χ1v) is 14.9. The van der Waals surface area contributed by atoms with Crippen LogP contribution in [0.2, 0.25) is 0 Å². The van der Waals surface area contributed by atoms with Crippen molar-refractivity contribution >= 4 is 40.8 Å². The fourth-order valence-corrected chi connectivity index (χ4v) is 7.34. The number of nitrogens with two attached hydrogens (primary N) is 1. The molecule has 6 unspecified atom stereocenters. The van der Waals surface area contributed by atoms with Gasteiger partial charge in [0.1, 0.15) is 5.75 Å². The summed E-state index contributed by atoms with van der Waals surface area (Å²) in [6.45, 7) is 7.47. The summed E-state index contributed by atoms with van der Waals surface area (Å²) >= 11 is 1.48. The number of hydrogen-bond donors (Lipinski definition) is 4. The summed E-state index contributed by atoms with van der Waals surface area (Å²) in [7, 11) is 3.14. The Labute approximate surface area is 238 Å². The molecular formula is C29H39N3O7S. The number of likely N-dealkylation sites (N-methyl/N-ethyl adjacent to an activating group) is 1. The van der Waals surface area contributed by atoms with Crippen molar-refractivity contribution in [2.75, 3.05) is 26.9 Å². The Hall–Kier alpha value is -2.60. The number of hydrogen-bond acceptors (Lipinski definition) is 10. The second-order valence-electron chi connectivity index (χ2n) is 12.8. The Morgan fingerprint density at radius 2 is 1.82 bits per heavy atom. The molecule has 10 nitrogen and oxygen atoms in total. The molecule has 40 heavy (non-hydrogen) atoms. The smallest absolute Gasteiger partial charge is 0.235 e. The van der Waals surface area contributed by atoms with Gasteiger partial charge in [0.05, 0.1) is 17.5 Å². The van der Waals surface area contributed by atoms with E-state index in [-0.39, 0.29) is 29.6 Å². The average Bonchev–Trinajstić information content (AvgIpc) is 2.83. The van der Waals surface area contributed by atoms with Gasteiger partial charge in [-0.15, -0.1) is 0 Å². The summed E-state index contributed by atoms with van der Waals surface area (Å²) in [6.07, 6.45) is 2.17. The zero-order chi connectivity index (χ0) is 29.9. The number of fused-ring (bicyclic) bond motifs is 3. The Balaban J connectivity index is 1.83. The average molecular weight is 574 g/mol. The number of amides is 1. The Bertz CT molecular complexity index is 1290. The number of benzene rings is 1. The molecule has 6 atom stereocenters. The van der Waals surface area contributed by atoms with Crippen LogP contribution >= 0.6 is 11.8 Å². The zero-order valence-corrected chi connectivity index (χ0v) is 24.7. The number of nitrogens with zero attached hydrogens (tertiary/aromatic N) is 1. The minimum absolute atomic E-state index is 0.0181. The highest BCUT2D eigenvalue weighted by Crippen LogP contribution is 2.51. The van der Waals surface area contributed by atoms with Crippen LogP contribution in [-0.2, 0) is 37.9 Å². The maximum Gasteiger partial charge on any atom is 0.235 e. The van der Waals surface area contributed by atoms with Gasteiger partial charge in [0, 0.05) is 30.3 Å². The molecule has 218 valence electrons. The van der Waals surface area contributed by atoms with Crippen LogP contribution in [0, 0.1) is 29.1 Å². The molecule has 3 aliphatic rings. The molecule has 3 aliphatic carbocycles. The summed E-state index contributed by atoms with van der Waals surface area (Å²) in [5.41, 5.74) is 4.76. The van der Waals surface area contributed by atoms with E-state index in [9.17, 15) is 34.2 Å². The number of aromatic hydroxyl groups is 1. The first kappa shape index (κ1) is 30.4. The monoisotopic (exact) mass is 573 g/mol. The highest BCUT2D eigenvalue weighted by atomic mass is 32.2. The topological polar surface area (TPSA) is 167 Å². The van der Waals surface area contributed by atoms with Gasteiger partial charge < -0.3 is 21.3 Å². The first-order chi connectivity index (χ1) is 18.6. The second-order valence-corrected chi connectivity index (χ2v) is 13.6. The van der Waals surface area contributed by atoms with Gasteiger partial charge in [0.15, 0.2) is 34.7 Å². The van der Waals surface area contributed by atoms with Crippen LogP contribution in [-0.4, -0.2) is 82.7 Å². The van der Waals surface area contributed by atoms with E-state index >= 15 is 0 Å². The van der Waals surface area contributed by atoms with Crippen LogP contribution in [0.4, 0.5) is 0 Å². The van der Waals surface area contributed by atoms with Crippen molar-refractivity contribution in [2.24, 2.45) is 34.8 Å². The predicted molar refractivity (Wildman–Crippen MR) is 150 cm³/mol. The molecule has 1 amide bonds. The maximum atomic E-state index is 14.0. The van der Waals surface area contributed by atoms with E-state index < -0.39 is 64.4 Å². The number of Topliss-reactive ketones (excluding diaryl/α,β-unsaturated/α-hetero) is 4. The van der Waals surface area contributed by atoms with Crippen molar-refractivity contribution in [3.63, 3.8) is 0 Å². The molecule has 0 heterocycles. The SMILES string of the molecule is CSCc1cc(CNCC(C)(C)C)c2c(c1O)C(=O)C1C(=O)C3(O)C(=O)C(C(N)=O)C(=O)C(N(C)C)C3CC1C2. The summed E-state index contributed by atoms with van der Waals surface area (Å²) in [6, 6.07) is 0.773. The van der Waals surface area contributed by atoms with E-state index in [1.807, 2.05) is 12.3 Å². The van der Waals surface area contributed by atoms with E-state index in [0.29, 0.717) is 30.0 Å². The van der Waals surface area contributed by atoms with Gasteiger partial charge >= 0.3 is 0 Å². The third-order valence-corrected chi connectivity index (χ3v) is 9.10. The van der Waals surface area contributed by atoms with Gasteiger partial charge in [0.2, 0.25) is 5.91 Å². The third-order valence-electron chi connectivity index (χ3n) is 8.50. The number of primary amides is 1. The number of aliphatic hydroxyl groups is 1. The standard InChI is InChI=1S/C29H39N3O7S/c1-28(2,3)12-31-10-14-7-15(11-40-6)22(33)19-16(14)8-13-9-17-21(32(4)5)24(35)20(27(30)38)26(37)29(17,39)25(36)18(13)23(19)34/h7,13,17-18,20-21,31,33,39H,8-12H2,1-6H3,(H2,30,38). The van der Waals surface area contributed by atoms with Crippen molar-refractivity contribution in [1.29, 1.82) is 0 Å². The van der Waals surface area contributed by atoms with E-state index in [1.165, 1.54) is 16.7 Å². The molecule has 11 heteroatoms. The fraction of sp³-hybridized carbons (Fsp3) is 0.621. The lowest BCUT2D eigenvalue weighted by Gasteiger charge is -2.52. The molecule has 5 N–H and O–H groups in total. The van der Waals surface area contributed by atoms with E-state index in [4.69, 9.17) is 5.73 Å². The lowest BCUT2D eigenvalue weighted by Crippen LogP contribution is -2.74. The summed E-state index contributed by atoms with van der Waals surface area (Å²) in [4.78, 5) is 68.3. The minimum atomic E-state index is -2.72. The number of nitrogens with one attached hydrogen (secondary N) is 1. The lowest BCUT2D eigenvalue weighted by atomic mass is 9.52. The highest BCUT2D eigenvalue weighted by Gasteiger charge is 2.69. The Morgan fingerprint density at radius 1 is 1.18 bits per heavy atom. The number of rotatable bonds is 7. The number of carbonyl (C=O) groups excluding carboxylic acids is 5. The second kappa shape index (κ2) is 10.7. The van der Waals surface area contributed by atoms with Crippen LogP contribution in [0.5, 0.6) is 5.75 Å².